The highest BCUT2D eigenvalue weighted by molar-refractivity contribution is 5.80. The summed E-state index contributed by atoms with van der Waals surface area (Å²) in [5, 5.41) is 20.5. The molecule has 0 bridgehead atoms. The van der Waals surface area contributed by atoms with Crippen LogP contribution in [0.4, 0.5) is 0 Å². The van der Waals surface area contributed by atoms with E-state index in [-0.39, 0.29) is 11.5 Å². The van der Waals surface area contributed by atoms with Gasteiger partial charge in [0, 0.05) is 6.42 Å². The summed E-state index contributed by atoms with van der Waals surface area (Å²) in [7, 11) is 0. The molecular weight excluding hydrogens is 300 g/mol. The molecule has 1 aliphatic rings. The molecule has 0 amide bonds. The number of hydrogen-bond donors (Lipinski definition) is 2. The molecule has 126 valence electrons. The molecule has 3 nitrogen and oxygen atoms in total. The van der Waals surface area contributed by atoms with Crippen LogP contribution in [0.5, 0.6) is 11.5 Å². The zero-order chi connectivity index (χ0) is 17.1. The second kappa shape index (κ2) is 7.08. The SMILES string of the molecule is Cc1ccc(O)c(Cc2cc(C=O)c(O)c(C3CCCCC3)c2)c1. The number of rotatable bonds is 4. The molecule has 0 aromatic heterocycles. The highest BCUT2D eigenvalue weighted by atomic mass is 16.3. The molecule has 2 aromatic rings. The van der Waals surface area contributed by atoms with Crippen molar-refractivity contribution in [2.45, 2.75) is 51.4 Å². The third-order valence-electron chi connectivity index (χ3n) is 5.03. The lowest BCUT2D eigenvalue weighted by Crippen LogP contribution is -2.07. The molecular formula is C21H24O3. The van der Waals surface area contributed by atoms with Gasteiger partial charge in [0.15, 0.2) is 6.29 Å². The van der Waals surface area contributed by atoms with Gasteiger partial charge in [-0.3, -0.25) is 4.79 Å². The number of phenols is 2. The number of hydrogen-bond acceptors (Lipinski definition) is 3. The summed E-state index contributed by atoms with van der Waals surface area (Å²) in [6.07, 6.45) is 6.98. The van der Waals surface area contributed by atoms with Gasteiger partial charge in [-0.25, -0.2) is 0 Å². The van der Waals surface area contributed by atoms with Crippen LogP contribution in [0.25, 0.3) is 0 Å². The second-order valence-corrected chi connectivity index (χ2v) is 6.88. The molecule has 0 atom stereocenters. The van der Waals surface area contributed by atoms with Crippen LogP contribution in [0.15, 0.2) is 30.3 Å². The summed E-state index contributed by atoms with van der Waals surface area (Å²) in [6.45, 7) is 1.99. The fraction of sp³-hybridized carbons (Fsp3) is 0.381. The first-order valence-corrected chi connectivity index (χ1v) is 8.68. The Hall–Kier alpha value is -2.29. The van der Waals surface area contributed by atoms with Crippen molar-refractivity contribution in [3.05, 3.63) is 58.1 Å². The van der Waals surface area contributed by atoms with Crippen molar-refractivity contribution in [2.24, 2.45) is 0 Å². The first kappa shape index (κ1) is 16.6. The maximum absolute atomic E-state index is 11.4. The number of aromatic hydroxyl groups is 2. The largest absolute Gasteiger partial charge is 0.508 e. The van der Waals surface area contributed by atoms with Crippen molar-refractivity contribution < 1.29 is 15.0 Å². The van der Waals surface area contributed by atoms with Gasteiger partial charge in [0.05, 0.1) is 5.56 Å². The summed E-state index contributed by atoms with van der Waals surface area (Å²) in [5.41, 5.74) is 4.12. The molecule has 1 aliphatic carbocycles. The van der Waals surface area contributed by atoms with Gasteiger partial charge in [-0.05, 0) is 54.5 Å². The fourth-order valence-electron chi connectivity index (χ4n) is 3.74. The van der Waals surface area contributed by atoms with Gasteiger partial charge in [0.2, 0.25) is 0 Å². The van der Waals surface area contributed by atoms with Crippen molar-refractivity contribution in [1.82, 2.24) is 0 Å². The molecule has 0 spiro atoms. The molecule has 1 saturated carbocycles. The number of phenolic OH excluding ortho intramolecular Hbond substituents is 2. The topological polar surface area (TPSA) is 57.5 Å². The number of carbonyl (C=O) groups excluding carboxylic acids is 1. The quantitative estimate of drug-likeness (QED) is 0.790. The van der Waals surface area contributed by atoms with Crippen molar-refractivity contribution in [3.8, 4) is 11.5 Å². The molecule has 3 rings (SSSR count). The molecule has 0 aliphatic heterocycles. The van der Waals surface area contributed by atoms with Crippen LogP contribution in [0, 0.1) is 6.92 Å². The molecule has 2 aromatic carbocycles. The third-order valence-corrected chi connectivity index (χ3v) is 5.03. The van der Waals surface area contributed by atoms with Gasteiger partial charge in [-0.15, -0.1) is 0 Å². The van der Waals surface area contributed by atoms with Crippen LogP contribution in [0.2, 0.25) is 0 Å². The van der Waals surface area contributed by atoms with E-state index in [0.29, 0.717) is 17.9 Å². The molecule has 3 heteroatoms. The van der Waals surface area contributed by atoms with Crippen molar-refractivity contribution >= 4 is 6.29 Å². The van der Waals surface area contributed by atoms with Crippen LogP contribution >= 0.6 is 0 Å². The van der Waals surface area contributed by atoms with E-state index in [1.807, 2.05) is 25.1 Å². The number of benzene rings is 2. The zero-order valence-corrected chi connectivity index (χ0v) is 14.1. The van der Waals surface area contributed by atoms with Gasteiger partial charge in [-0.1, -0.05) is 43.0 Å². The molecule has 0 unspecified atom stereocenters. The summed E-state index contributed by atoms with van der Waals surface area (Å²) in [4.78, 5) is 11.4. The average molecular weight is 324 g/mol. The normalized spacial score (nSPS) is 15.4. The van der Waals surface area contributed by atoms with Crippen molar-refractivity contribution in [1.29, 1.82) is 0 Å². The van der Waals surface area contributed by atoms with E-state index < -0.39 is 0 Å². The van der Waals surface area contributed by atoms with E-state index in [1.165, 1.54) is 19.3 Å². The number of aldehydes is 1. The second-order valence-electron chi connectivity index (χ2n) is 6.88. The maximum Gasteiger partial charge on any atom is 0.153 e. The predicted octanol–water partition coefficient (Wildman–Crippen LogP) is 4.86. The summed E-state index contributed by atoms with van der Waals surface area (Å²) in [6, 6.07) is 9.29. The Balaban J connectivity index is 1.98. The lowest BCUT2D eigenvalue weighted by molar-refractivity contribution is 0.112. The van der Waals surface area contributed by atoms with E-state index in [0.717, 1.165) is 41.4 Å². The van der Waals surface area contributed by atoms with Crippen LogP contribution in [-0.2, 0) is 6.42 Å². The first-order valence-electron chi connectivity index (χ1n) is 8.68. The van der Waals surface area contributed by atoms with Gasteiger partial charge >= 0.3 is 0 Å². The van der Waals surface area contributed by atoms with Crippen LogP contribution in [0.1, 0.15) is 70.6 Å². The van der Waals surface area contributed by atoms with Crippen LogP contribution in [-0.4, -0.2) is 16.5 Å². The Bertz CT molecular complexity index is 743. The monoisotopic (exact) mass is 324 g/mol. The molecule has 0 heterocycles. The lowest BCUT2D eigenvalue weighted by atomic mass is 9.82. The highest BCUT2D eigenvalue weighted by Crippen LogP contribution is 2.39. The van der Waals surface area contributed by atoms with E-state index in [9.17, 15) is 15.0 Å². The Morgan fingerprint density at radius 1 is 1.08 bits per heavy atom. The molecule has 24 heavy (non-hydrogen) atoms. The Kier molecular flexibility index (Phi) is 4.89. The van der Waals surface area contributed by atoms with Crippen LogP contribution in [0.3, 0.4) is 0 Å². The Labute approximate surface area is 143 Å². The molecule has 0 saturated heterocycles. The van der Waals surface area contributed by atoms with E-state index >= 15 is 0 Å². The third kappa shape index (κ3) is 3.45. The van der Waals surface area contributed by atoms with Crippen LogP contribution < -0.4 is 0 Å². The molecule has 2 N–H and O–H groups in total. The van der Waals surface area contributed by atoms with E-state index in [1.54, 1.807) is 12.1 Å². The van der Waals surface area contributed by atoms with Crippen molar-refractivity contribution in [3.63, 3.8) is 0 Å². The van der Waals surface area contributed by atoms with Gasteiger partial charge in [0.25, 0.3) is 0 Å². The van der Waals surface area contributed by atoms with E-state index in [4.69, 9.17) is 0 Å². The lowest BCUT2D eigenvalue weighted by Gasteiger charge is -2.24. The molecule has 0 radical (unpaired) electrons. The van der Waals surface area contributed by atoms with Gasteiger partial charge in [0.1, 0.15) is 11.5 Å². The number of aryl methyl sites for hydroxylation is 1. The predicted molar refractivity (Wildman–Crippen MR) is 95.0 cm³/mol. The summed E-state index contributed by atoms with van der Waals surface area (Å²) in [5.74, 6) is 0.721. The van der Waals surface area contributed by atoms with E-state index in [2.05, 4.69) is 0 Å². The fourth-order valence-corrected chi connectivity index (χ4v) is 3.74. The average Bonchev–Trinajstić information content (AvgIpc) is 2.60. The zero-order valence-electron chi connectivity index (χ0n) is 14.1. The number of carbonyl (C=O) groups is 1. The minimum absolute atomic E-state index is 0.133. The Morgan fingerprint density at radius 2 is 1.83 bits per heavy atom. The minimum Gasteiger partial charge on any atom is -0.508 e. The summed E-state index contributed by atoms with van der Waals surface area (Å²) >= 11 is 0. The first-order chi connectivity index (χ1) is 11.6. The standard InChI is InChI=1S/C21H24O3/c1-14-7-8-20(23)17(9-14)10-15-11-18(13-22)21(24)19(12-15)16-5-3-2-4-6-16/h7-9,11-13,16,23-24H,2-6,10H2,1H3. The highest BCUT2D eigenvalue weighted by Gasteiger charge is 2.21. The van der Waals surface area contributed by atoms with Gasteiger partial charge < -0.3 is 10.2 Å². The summed E-state index contributed by atoms with van der Waals surface area (Å²) < 4.78 is 0. The van der Waals surface area contributed by atoms with Crippen molar-refractivity contribution in [2.75, 3.05) is 0 Å². The molecule has 1 fully saturated rings. The Morgan fingerprint density at radius 3 is 2.54 bits per heavy atom. The minimum atomic E-state index is 0.133. The van der Waals surface area contributed by atoms with Gasteiger partial charge in [-0.2, -0.15) is 0 Å². The maximum atomic E-state index is 11.4. The smallest absolute Gasteiger partial charge is 0.153 e.